The van der Waals surface area contributed by atoms with Crippen LogP contribution in [0.15, 0.2) is 42.5 Å². The number of rotatable bonds is 6. The fourth-order valence-electron chi connectivity index (χ4n) is 2.00. The van der Waals surface area contributed by atoms with Gasteiger partial charge in [0.2, 0.25) is 0 Å². The van der Waals surface area contributed by atoms with E-state index >= 15 is 0 Å². The molecule has 0 aliphatic rings. The molecule has 0 spiro atoms. The van der Waals surface area contributed by atoms with Gasteiger partial charge in [0.05, 0.1) is 5.56 Å². The summed E-state index contributed by atoms with van der Waals surface area (Å²) in [6.07, 6.45) is 0. The van der Waals surface area contributed by atoms with Gasteiger partial charge in [-0.1, -0.05) is 18.2 Å². The molecule has 0 unspecified atom stereocenters. The average molecular weight is 286 g/mol. The fraction of sp³-hybridized carbons (Fsp3) is 0.235. The molecule has 0 aliphatic carbocycles. The Kier molecular flexibility index (Phi) is 4.82. The SMILES string of the molecule is Cc1ccccc1OCCOc1ccc(C(=O)O)c(C)c1. The van der Waals surface area contributed by atoms with E-state index < -0.39 is 5.97 Å². The molecule has 0 saturated heterocycles. The number of para-hydroxylation sites is 1. The number of carboxylic acid groups (broad SMARTS) is 1. The normalized spacial score (nSPS) is 10.2. The second-order valence-corrected chi connectivity index (χ2v) is 4.74. The smallest absolute Gasteiger partial charge is 0.335 e. The molecule has 4 nitrogen and oxygen atoms in total. The molecule has 0 fully saturated rings. The summed E-state index contributed by atoms with van der Waals surface area (Å²) in [6.45, 7) is 4.58. The van der Waals surface area contributed by atoms with E-state index in [9.17, 15) is 4.79 Å². The zero-order chi connectivity index (χ0) is 15.2. The standard InChI is InChI=1S/C17H18O4/c1-12-5-3-4-6-16(12)21-10-9-20-14-7-8-15(17(18)19)13(2)11-14/h3-8,11H,9-10H2,1-2H3,(H,18,19). The van der Waals surface area contributed by atoms with E-state index in [0.29, 0.717) is 30.1 Å². The average Bonchev–Trinajstić information content (AvgIpc) is 2.45. The van der Waals surface area contributed by atoms with Crippen molar-refractivity contribution in [2.45, 2.75) is 13.8 Å². The maximum atomic E-state index is 10.9. The van der Waals surface area contributed by atoms with Gasteiger partial charge in [0.25, 0.3) is 0 Å². The van der Waals surface area contributed by atoms with Crippen molar-refractivity contribution < 1.29 is 19.4 Å². The summed E-state index contributed by atoms with van der Waals surface area (Å²) in [4.78, 5) is 10.9. The number of aryl methyl sites for hydroxylation is 2. The second-order valence-electron chi connectivity index (χ2n) is 4.74. The van der Waals surface area contributed by atoms with Crippen LogP contribution in [0.2, 0.25) is 0 Å². The van der Waals surface area contributed by atoms with Crippen molar-refractivity contribution in [2.75, 3.05) is 13.2 Å². The lowest BCUT2D eigenvalue weighted by molar-refractivity contribution is 0.0696. The van der Waals surface area contributed by atoms with Gasteiger partial charge in [0.1, 0.15) is 24.7 Å². The third kappa shape index (κ3) is 3.99. The minimum absolute atomic E-state index is 0.290. The predicted octanol–water partition coefficient (Wildman–Crippen LogP) is 3.46. The maximum Gasteiger partial charge on any atom is 0.335 e. The van der Waals surface area contributed by atoms with Crippen molar-refractivity contribution >= 4 is 5.97 Å². The summed E-state index contributed by atoms with van der Waals surface area (Å²) in [5, 5.41) is 8.96. The van der Waals surface area contributed by atoms with Crippen LogP contribution in [-0.4, -0.2) is 24.3 Å². The van der Waals surface area contributed by atoms with Gasteiger partial charge in [0, 0.05) is 0 Å². The van der Waals surface area contributed by atoms with Gasteiger partial charge in [0.15, 0.2) is 0 Å². The van der Waals surface area contributed by atoms with Gasteiger partial charge < -0.3 is 14.6 Å². The monoisotopic (exact) mass is 286 g/mol. The highest BCUT2D eigenvalue weighted by atomic mass is 16.5. The fourth-order valence-corrected chi connectivity index (χ4v) is 2.00. The van der Waals surface area contributed by atoms with Gasteiger partial charge in [-0.2, -0.15) is 0 Å². The van der Waals surface area contributed by atoms with Crippen molar-refractivity contribution in [3.63, 3.8) is 0 Å². The first-order valence-electron chi connectivity index (χ1n) is 6.73. The Hall–Kier alpha value is -2.49. The van der Waals surface area contributed by atoms with Crippen molar-refractivity contribution in [1.29, 1.82) is 0 Å². The molecule has 21 heavy (non-hydrogen) atoms. The number of hydrogen-bond acceptors (Lipinski definition) is 3. The Morgan fingerprint density at radius 3 is 2.38 bits per heavy atom. The summed E-state index contributed by atoms with van der Waals surface area (Å²) < 4.78 is 11.2. The Morgan fingerprint density at radius 2 is 1.71 bits per heavy atom. The highest BCUT2D eigenvalue weighted by Crippen LogP contribution is 2.18. The van der Waals surface area contributed by atoms with Crippen molar-refractivity contribution in [1.82, 2.24) is 0 Å². The molecule has 0 bridgehead atoms. The number of hydrogen-bond donors (Lipinski definition) is 1. The lowest BCUT2D eigenvalue weighted by Crippen LogP contribution is -2.10. The largest absolute Gasteiger partial charge is 0.490 e. The Labute approximate surface area is 123 Å². The molecule has 0 atom stereocenters. The molecule has 0 aliphatic heterocycles. The molecule has 0 saturated carbocycles. The molecule has 2 rings (SSSR count). The first kappa shape index (κ1) is 14.9. The minimum atomic E-state index is -0.929. The zero-order valence-electron chi connectivity index (χ0n) is 12.1. The number of benzene rings is 2. The quantitative estimate of drug-likeness (QED) is 0.826. The first-order valence-corrected chi connectivity index (χ1v) is 6.73. The molecule has 110 valence electrons. The molecule has 0 amide bonds. The van der Waals surface area contributed by atoms with Crippen LogP contribution >= 0.6 is 0 Å². The molecule has 1 N–H and O–H groups in total. The van der Waals surface area contributed by atoms with Crippen LogP contribution in [-0.2, 0) is 0 Å². The van der Waals surface area contributed by atoms with Crippen molar-refractivity contribution in [2.24, 2.45) is 0 Å². The number of carbonyl (C=O) groups is 1. The highest BCUT2D eigenvalue weighted by molar-refractivity contribution is 5.89. The van der Waals surface area contributed by atoms with Crippen LogP contribution in [0.5, 0.6) is 11.5 Å². The van der Waals surface area contributed by atoms with Gasteiger partial charge in [-0.05, 0) is 49.2 Å². The summed E-state index contributed by atoms with van der Waals surface area (Å²) in [6, 6.07) is 12.7. The summed E-state index contributed by atoms with van der Waals surface area (Å²) >= 11 is 0. The van der Waals surface area contributed by atoms with Crippen molar-refractivity contribution in [3.05, 3.63) is 59.2 Å². The number of carboxylic acids is 1. The highest BCUT2D eigenvalue weighted by Gasteiger charge is 2.07. The van der Waals surface area contributed by atoms with E-state index in [1.807, 2.05) is 31.2 Å². The molecule has 0 aromatic heterocycles. The Bertz CT molecular complexity index is 634. The molecule has 0 radical (unpaired) electrons. The molecular weight excluding hydrogens is 268 g/mol. The predicted molar refractivity (Wildman–Crippen MR) is 80.3 cm³/mol. The molecule has 2 aromatic rings. The Morgan fingerprint density at radius 1 is 1.00 bits per heavy atom. The summed E-state index contributed by atoms with van der Waals surface area (Å²) in [5.41, 5.74) is 2.05. The van der Waals surface area contributed by atoms with E-state index in [4.69, 9.17) is 14.6 Å². The van der Waals surface area contributed by atoms with Gasteiger partial charge >= 0.3 is 5.97 Å². The van der Waals surface area contributed by atoms with E-state index in [0.717, 1.165) is 11.3 Å². The lowest BCUT2D eigenvalue weighted by atomic mass is 10.1. The second kappa shape index (κ2) is 6.79. The summed E-state index contributed by atoms with van der Waals surface area (Å²) in [7, 11) is 0. The first-order chi connectivity index (χ1) is 10.1. The molecule has 0 heterocycles. The van der Waals surface area contributed by atoms with Crippen LogP contribution in [0.3, 0.4) is 0 Å². The zero-order valence-corrected chi connectivity index (χ0v) is 12.1. The van der Waals surface area contributed by atoms with E-state index in [2.05, 4.69) is 0 Å². The van der Waals surface area contributed by atoms with E-state index in [1.165, 1.54) is 0 Å². The van der Waals surface area contributed by atoms with Crippen molar-refractivity contribution in [3.8, 4) is 11.5 Å². The maximum absolute atomic E-state index is 10.9. The van der Waals surface area contributed by atoms with Crippen LogP contribution < -0.4 is 9.47 Å². The third-order valence-electron chi connectivity index (χ3n) is 3.13. The van der Waals surface area contributed by atoms with Gasteiger partial charge in [-0.25, -0.2) is 4.79 Å². The number of aromatic carboxylic acids is 1. The topological polar surface area (TPSA) is 55.8 Å². The van der Waals surface area contributed by atoms with E-state index in [-0.39, 0.29) is 0 Å². The molecule has 2 aromatic carbocycles. The van der Waals surface area contributed by atoms with Crippen LogP contribution in [0.4, 0.5) is 0 Å². The molecule has 4 heteroatoms. The third-order valence-corrected chi connectivity index (χ3v) is 3.13. The minimum Gasteiger partial charge on any atom is -0.490 e. The van der Waals surface area contributed by atoms with Crippen LogP contribution in [0, 0.1) is 13.8 Å². The molecular formula is C17H18O4. The van der Waals surface area contributed by atoms with Crippen LogP contribution in [0.1, 0.15) is 21.5 Å². The number of ether oxygens (including phenoxy) is 2. The van der Waals surface area contributed by atoms with Crippen LogP contribution in [0.25, 0.3) is 0 Å². The van der Waals surface area contributed by atoms with Gasteiger partial charge in [-0.15, -0.1) is 0 Å². The van der Waals surface area contributed by atoms with Gasteiger partial charge in [-0.3, -0.25) is 0 Å². The van der Waals surface area contributed by atoms with E-state index in [1.54, 1.807) is 25.1 Å². The summed E-state index contributed by atoms with van der Waals surface area (Å²) in [5.74, 6) is 0.561. The lowest BCUT2D eigenvalue weighted by Gasteiger charge is -2.11. The Balaban J connectivity index is 1.85.